The highest BCUT2D eigenvalue weighted by Crippen LogP contribution is 2.22. The van der Waals surface area contributed by atoms with Gasteiger partial charge >= 0.3 is 11.8 Å². The number of nitrogens with one attached hydrogen (secondary N) is 2. The third kappa shape index (κ3) is 5.11. The van der Waals surface area contributed by atoms with E-state index in [1.165, 1.54) is 0 Å². The molecule has 0 fully saturated rings. The molecule has 0 atom stereocenters. The van der Waals surface area contributed by atoms with Crippen molar-refractivity contribution in [2.24, 2.45) is 0 Å². The number of carbonyl (C=O) groups is 2. The van der Waals surface area contributed by atoms with Crippen LogP contribution in [0, 0.1) is 0 Å². The maximum Gasteiger partial charge on any atom is 0.314 e. The number of rotatable bonds is 5. The van der Waals surface area contributed by atoms with Crippen molar-refractivity contribution in [3.8, 4) is 11.5 Å². The highest BCUT2D eigenvalue weighted by atomic mass is 16.5. The molecule has 2 N–H and O–H groups in total. The SMILES string of the molecule is CN(C)c1ccc(NC(=O)C(=O)Nc2ccc(Oc3ccccc3)cc2)cc1. The fraction of sp³-hybridized carbons (Fsp3) is 0.0909. The first-order valence-corrected chi connectivity index (χ1v) is 8.74. The van der Waals surface area contributed by atoms with E-state index in [0.29, 0.717) is 17.1 Å². The van der Waals surface area contributed by atoms with Crippen LogP contribution < -0.4 is 20.3 Å². The van der Waals surface area contributed by atoms with Crippen LogP contribution in [0.25, 0.3) is 0 Å². The minimum Gasteiger partial charge on any atom is -0.457 e. The van der Waals surface area contributed by atoms with Gasteiger partial charge in [-0.2, -0.15) is 0 Å². The van der Waals surface area contributed by atoms with E-state index in [1.54, 1.807) is 36.4 Å². The van der Waals surface area contributed by atoms with E-state index >= 15 is 0 Å². The van der Waals surface area contributed by atoms with Gasteiger partial charge in [-0.05, 0) is 60.7 Å². The van der Waals surface area contributed by atoms with Gasteiger partial charge in [0.15, 0.2) is 0 Å². The van der Waals surface area contributed by atoms with Gasteiger partial charge in [-0.1, -0.05) is 18.2 Å². The number of hydrogen-bond donors (Lipinski definition) is 2. The van der Waals surface area contributed by atoms with Gasteiger partial charge in [-0.15, -0.1) is 0 Å². The molecule has 3 rings (SSSR count). The molecule has 0 bridgehead atoms. The topological polar surface area (TPSA) is 70.7 Å². The maximum absolute atomic E-state index is 12.1. The Kier molecular flexibility index (Phi) is 5.91. The molecule has 0 heterocycles. The van der Waals surface area contributed by atoms with Crippen molar-refractivity contribution in [3.63, 3.8) is 0 Å². The lowest BCUT2D eigenvalue weighted by Crippen LogP contribution is -2.29. The predicted octanol–water partition coefficient (Wildman–Crippen LogP) is 4.12. The number of benzene rings is 3. The molecule has 6 nitrogen and oxygen atoms in total. The van der Waals surface area contributed by atoms with Crippen LogP contribution in [-0.2, 0) is 9.59 Å². The summed E-state index contributed by atoms with van der Waals surface area (Å²) in [5.74, 6) is -0.121. The number of amides is 2. The summed E-state index contributed by atoms with van der Waals surface area (Å²) in [6.07, 6.45) is 0. The van der Waals surface area contributed by atoms with Gasteiger partial charge in [0.2, 0.25) is 0 Å². The normalized spacial score (nSPS) is 10.1. The molecule has 2 amide bonds. The van der Waals surface area contributed by atoms with Crippen molar-refractivity contribution in [1.29, 1.82) is 0 Å². The molecule has 6 heteroatoms. The van der Waals surface area contributed by atoms with Crippen molar-refractivity contribution in [2.45, 2.75) is 0 Å². The largest absolute Gasteiger partial charge is 0.457 e. The fourth-order valence-corrected chi connectivity index (χ4v) is 2.45. The molecular weight excluding hydrogens is 354 g/mol. The van der Waals surface area contributed by atoms with Gasteiger partial charge in [0.25, 0.3) is 0 Å². The smallest absolute Gasteiger partial charge is 0.314 e. The number of nitrogens with zero attached hydrogens (tertiary/aromatic N) is 1. The molecule has 0 unspecified atom stereocenters. The average molecular weight is 375 g/mol. The van der Waals surface area contributed by atoms with Crippen molar-refractivity contribution < 1.29 is 14.3 Å². The molecule has 142 valence electrons. The summed E-state index contributed by atoms with van der Waals surface area (Å²) in [7, 11) is 3.86. The molecule has 3 aromatic rings. The number of anilines is 3. The molecule has 0 aliphatic heterocycles. The van der Waals surface area contributed by atoms with Crippen molar-refractivity contribution in [1.82, 2.24) is 0 Å². The van der Waals surface area contributed by atoms with Crippen LogP contribution in [0.1, 0.15) is 0 Å². The van der Waals surface area contributed by atoms with E-state index in [1.807, 2.05) is 61.5 Å². The molecule has 0 aliphatic rings. The zero-order valence-electron chi connectivity index (χ0n) is 15.7. The van der Waals surface area contributed by atoms with E-state index in [0.717, 1.165) is 11.4 Å². The Bertz CT molecular complexity index is 937. The van der Waals surface area contributed by atoms with Crippen LogP contribution in [-0.4, -0.2) is 25.9 Å². The lowest BCUT2D eigenvalue weighted by molar-refractivity contribution is -0.132. The molecule has 0 radical (unpaired) electrons. The van der Waals surface area contributed by atoms with Crippen LogP contribution >= 0.6 is 0 Å². The first kappa shape index (κ1) is 19.0. The number of para-hydroxylation sites is 1. The Balaban J connectivity index is 1.55. The quantitative estimate of drug-likeness (QED) is 0.658. The molecule has 28 heavy (non-hydrogen) atoms. The van der Waals surface area contributed by atoms with Crippen LogP contribution in [0.2, 0.25) is 0 Å². The fourth-order valence-electron chi connectivity index (χ4n) is 2.45. The molecule has 0 aromatic heterocycles. The predicted molar refractivity (Wildman–Crippen MR) is 111 cm³/mol. The van der Waals surface area contributed by atoms with Gasteiger partial charge in [0, 0.05) is 31.2 Å². The summed E-state index contributed by atoms with van der Waals surface area (Å²) in [5.41, 5.74) is 2.06. The summed E-state index contributed by atoms with van der Waals surface area (Å²) < 4.78 is 5.70. The van der Waals surface area contributed by atoms with E-state index in [9.17, 15) is 9.59 Å². The monoisotopic (exact) mass is 375 g/mol. The number of hydrogen-bond acceptors (Lipinski definition) is 4. The summed E-state index contributed by atoms with van der Waals surface area (Å²) >= 11 is 0. The van der Waals surface area contributed by atoms with Crippen LogP contribution in [0.5, 0.6) is 11.5 Å². The molecule has 0 saturated heterocycles. The number of carbonyl (C=O) groups excluding carboxylic acids is 2. The minimum absolute atomic E-state index is 0.503. The second-order valence-corrected chi connectivity index (χ2v) is 6.29. The third-order valence-corrected chi connectivity index (χ3v) is 3.94. The Labute approximate surface area is 163 Å². The standard InChI is InChI=1S/C22H21N3O3/c1-25(2)18-12-8-16(9-13-18)23-21(26)22(27)24-17-10-14-20(15-11-17)28-19-6-4-3-5-7-19/h3-15H,1-2H3,(H,23,26)(H,24,27). The van der Waals surface area contributed by atoms with Gasteiger partial charge in [0.05, 0.1) is 0 Å². The van der Waals surface area contributed by atoms with Crippen LogP contribution in [0.15, 0.2) is 78.9 Å². The number of ether oxygens (including phenoxy) is 1. The molecule has 0 aliphatic carbocycles. The second kappa shape index (κ2) is 8.73. The van der Waals surface area contributed by atoms with Crippen molar-refractivity contribution >= 4 is 28.9 Å². The van der Waals surface area contributed by atoms with Crippen LogP contribution in [0.3, 0.4) is 0 Å². The molecule has 0 saturated carbocycles. The second-order valence-electron chi connectivity index (χ2n) is 6.29. The summed E-state index contributed by atoms with van der Waals surface area (Å²) in [6.45, 7) is 0. The summed E-state index contributed by atoms with van der Waals surface area (Å²) in [4.78, 5) is 26.1. The zero-order valence-corrected chi connectivity index (χ0v) is 15.7. The lowest BCUT2D eigenvalue weighted by Gasteiger charge is -2.13. The van der Waals surface area contributed by atoms with Crippen LogP contribution in [0.4, 0.5) is 17.1 Å². The van der Waals surface area contributed by atoms with Gasteiger partial charge in [-0.25, -0.2) is 0 Å². The summed E-state index contributed by atoms with van der Waals surface area (Å²) in [6, 6.07) is 23.4. The molecule has 3 aromatic carbocycles. The van der Waals surface area contributed by atoms with Gasteiger partial charge < -0.3 is 20.3 Å². The molecule has 0 spiro atoms. The average Bonchev–Trinajstić information content (AvgIpc) is 2.70. The highest BCUT2D eigenvalue weighted by Gasteiger charge is 2.14. The third-order valence-electron chi connectivity index (χ3n) is 3.94. The zero-order chi connectivity index (χ0) is 19.9. The van der Waals surface area contributed by atoms with Crippen molar-refractivity contribution in [3.05, 3.63) is 78.9 Å². The Morgan fingerprint density at radius 2 is 1.14 bits per heavy atom. The Morgan fingerprint density at radius 3 is 1.64 bits per heavy atom. The molecular formula is C22H21N3O3. The van der Waals surface area contributed by atoms with Gasteiger partial charge in [0.1, 0.15) is 11.5 Å². The first-order chi connectivity index (χ1) is 13.5. The lowest BCUT2D eigenvalue weighted by atomic mass is 10.2. The Morgan fingerprint density at radius 1 is 0.679 bits per heavy atom. The van der Waals surface area contributed by atoms with E-state index in [4.69, 9.17) is 4.74 Å². The highest BCUT2D eigenvalue weighted by molar-refractivity contribution is 6.43. The van der Waals surface area contributed by atoms with E-state index in [-0.39, 0.29) is 0 Å². The van der Waals surface area contributed by atoms with E-state index < -0.39 is 11.8 Å². The maximum atomic E-state index is 12.1. The van der Waals surface area contributed by atoms with Gasteiger partial charge in [-0.3, -0.25) is 9.59 Å². The Hall–Kier alpha value is -3.80. The minimum atomic E-state index is -0.742. The van der Waals surface area contributed by atoms with E-state index in [2.05, 4.69) is 10.6 Å². The van der Waals surface area contributed by atoms with Crippen molar-refractivity contribution in [2.75, 3.05) is 29.6 Å². The first-order valence-electron chi connectivity index (χ1n) is 8.74. The summed E-state index contributed by atoms with van der Waals surface area (Å²) in [5, 5.41) is 5.15.